The maximum Gasteiger partial charge on any atom is 0.130 e. The van der Waals surface area contributed by atoms with E-state index in [9.17, 15) is 13.9 Å². The van der Waals surface area contributed by atoms with Crippen LogP contribution in [-0.2, 0) is 11.3 Å². The second kappa shape index (κ2) is 5.53. The largest absolute Gasteiger partial charge is 0.394 e. The SMILES string of the molecule is CC1(C)CN(Cc2c(F)cccc2F)CC(CO)O1. The Morgan fingerprint density at radius 3 is 2.58 bits per heavy atom. The highest BCUT2D eigenvalue weighted by Crippen LogP contribution is 2.23. The van der Waals surface area contributed by atoms with Crippen LogP contribution in [-0.4, -0.2) is 41.4 Å². The van der Waals surface area contributed by atoms with Gasteiger partial charge in [0.2, 0.25) is 0 Å². The normalized spacial score (nSPS) is 23.5. The smallest absolute Gasteiger partial charge is 0.130 e. The van der Waals surface area contributed by atoms with Crippen LogP contribution in [0.2, 0.25) is 0 Å². The fourth-order valence-electron chi connectivity index (χ4n) is 2.54. The third-order valence-electron chi connectivity index (χ3n) is 3.20. The number of ether oxygens (including phenoxy) is 1. The average Bonchev–Trinajstić information content (AvgIpc) is 2.32. The number of benzene rings is 1. The molecule has 0 bridgehead atoms. The molecule has 1 fully saturated rings. The van der Waals surface area contributed by atoms with Crippen molar-refractivity contribution in [2.45, 2.75) is 32.1 Å². The number of morpholine rings is 1. The predicted octanol–water partition coefficient (Wildman–Crippen LogP) is 1.94. The fraction of sp³-hybridized carbons (Fsp3) is 0.571. The van der Waals surface area contributed by atoms with Gasteiger partial charge in [-0.2, -0.15) is 0 Å². The summed E-state index contributed by atoms with van der Waals surface area (Å²) in [6, 6.07) is 3.87. The molecule has 0 radical (unpaired) electrons. The second-order valence-electron chi connectivity index (χ2n) is 5.55. The number of rotatable bonds is 3. The monoisotopic (exact) mass is 271 g/mol. The molecule has 1 aromatic rings. The first kappa shape index (κ1) is 14.4. The molecule has 0 aliphatic carbocycles. The Bertz CT molecular complexity index is 431. The lowest BCUT2D eigenvalue weighted by Crippen LogP contribution is -2.53. The van der Waals surface area contributed by atoms with Gasteiger partial charge in [0.1, 0.15) is 11.6 Å². The van der Waals surface area contributed by atoms with E-state index in [1.54, 1.807) is 0 Å². The third kappa shape index (κ3) is 3.49. The molecule has 1 atom stereocenters. The maximum absolute atomic E-state index is 13.6. The van der Waals surface area contributed by atoms with Crippen LogP contribution in [0.15, 0.2) is 18.2 Å². The van der Waals surface area contributed by atoms with Crippen molar-refractivity contribution in [1.82, 2.24) is 4.90 Å². The quantitative estimate of drug-likeness (QED) is 0.912. The summed E-state index contributed by atoms with van der Waals surface area (Å²) in [6.07, 6.45) is -0.321. The predicted molar refractivity (Wildman–Crippen MR) is 67.7 cm³/mol. The minimum Gasteiger partial charge on any atom is -0.394 e. The molecule has 1 aliphatic heterocycles. The van der Waals surface area contributed by atoms with E-state index in [1.165, 1.54) is 18.2 Å². The number of nitrogens with zero attached hydrogens (tertiary/aromatic N) is 1. The summed E-state index contributed by atoms with van der Waals surface area (Å²) < 4.78 is 32.9. The van der Waals surface area contributed by atoms with E-state index in [4.69, 9.17) is 4.74 Å². The van der Waals surface area contributed by atoms with Crippen molar-refractivity contribution in [3.63, 3.8) is 0 Å². The lowest BCUT2D eigenvalue weighted by molar-refractivity contribution is -0.150. The standard InChI is InChI=1S/C14H19F2NO2/c1-14(2)9-17(6-10(8-18)19-14)7-11-12(15)4-3-5-13(11)16/h3-5,10,18H,6-9H2,1-2H3. The van der Waals surface area contributed by atoms with E-state index in [2.05, 4.69) is 0 Å². The van der Waals surface area contributed by atoms with Crippen LogP contribution in [0.25, 0.3) is 0 Å². The number of halogens is 2. The Hall–Kier alpha value is -1.04. The molecule has 106 valence electrons. The fourth-order valence-corrected chi connectivity index (χ4v) is 2.54. The number of aliphatic hydroxyl groups is 1. The second-order valence-corrected chi connectivity index (χ2v) is 5.55. The Morgan fingerprint density at radius 1 is 1.37 bits per heavy atom. The molecular formula is C14H19F2NO2. The van der Waals surface area contributed by atoms with Crippen LogP contribution in [0.5, 0.6) is 0 Å². The molecule has 0 saturated carbocycles. The topological polar surface area (TPSA) is 32.7 Å². The van der Waals surface area contributed by atoms with Gasteiger partial charge in [-0.15, -0.1) is 0 Å². The summed E-state index contributed by atoms with van der Waals surface area (Å²) >= 11 is 0. The van der Waals surface area contributed by atoms with Crippen molar-refractivity contribution in [2.24, 2.45) is 0 Å². The van der Waals surface area contributed by atoms with E-state index in [0.717, 1.165) is 0 Å². The molecule has 1 aliphatic rings. The lowest BCUT2D eigenvalue weighted by atomic mass is 10.0. The van der Waals surface area contributed by atoms with Crippen molar-refractivity contribution < 1.29 is 18.6 Å². The minimum atomic E-state index is -0.537. The summed E-state index contributed by atoms with van der Waals surface area (Å²) in [7, 11) is 0. The van der Waals surface area contributed by atoms with Gasteiger partial charge in [0.25, 0.3) is 0 Å². The van der Waals surface area contributed by atoms with Crippen LogP contribution in [0.1, 0.15) is 19.4 Å². The van der Waals surface area contributed by atoms with E-state index < -0.39 is 17.2 Å². The van der Waals surface area contributed by atoms with Gasteiger partial charge < -0.3 is 9.84 Å². The van der Waals surface area contributed by atoms with Gasteiger partial charge in [-0.05, 0) is 26.0 Å². The van der Waals surface area contributed by atoms with Gasteiger partial charge in [-0.3, -0.25) is 4.90 Å². The van der Waals surface area contributed by atoms with Crippen molar-refractivity contribution in [1.29, 1.82) is 0 Å². The zero-order valence-electron chi connectivity index (χ0n) is 11.2. The average molecular weight is 271 g/mol. The van der Waals surface area contributed by atoms with E-state index in [1.807, 2.05) is 18.7 Å². The highest BCUT2D eigenvalue weighted by molar-refractivity contribution is 5.19. The first-order valence-corrected chi connectivity index (χ1v) is 6.35. The van der Waals surface area contributed by atoms with Gasteiger partial charge in [0, 0.05) is 25.2 Å². The highest BCUT2D eigenvalue weighted by Gasteiger charge is 2.33. The molecule has 3 nitrogen and oxygen atoms in total. The van der Waals surface area contributed by atoms with Crippen LogP contribution in [0, 0.1) is 11.6 Å². The van der Waals surface area contributed by atoms with Gasteiger partial charge in [0.05, 0.1) is 18.3 Å². The molecule has 1 heterocycles. The summed E-state index contributed by atoms with van der Waals surface area (Å²) in [6.45, 7) is 4.92. The summed E-state index contributed by atoms with van der Waals surface area (Å²) in [5.41, 5.74) is -0.371. The van der Waals surface area contributed by atoms with Gasteiger partial charge in [-0.25, -0.2) is 8.78 Å². The molecule has 1 unspecified atom stereocenters. The van der Waals surface area contributed by atoms with Crippen LogP contribution >= 0.6 is 0 Å². The lowest BCUT2D eigenvalue weighted by Gasteiger charge is -2.42. The zero-order chi connectivity index (χ0) is 14.0. The van der Waals surface area contributed by atoms with Crippen LogP contribution in [0.3, 0.4) is 0 Å². The third-order valence-corrected chi connectivity index (χ3v) is 3.20. The van der Waals surface area contributed by atoms with Gasteiger partial charge in [0.15, 0.2) is 0 Å². The number of hydrogen-bond donors (Lipinski definition) is 1. The van der Waals surface area contributed by atoms with Crippen molar-refractivity contribution in [3.05, 3.63) is 35.4 Å². The highest BCUT2D eigenvalue weighted by atomic mass is 19.1. The first-order valence-electron chi connectivity index (χ1n) is 6.35. The van der Waals surface area contributed by atoms with Crippen molar-refractivity contribution >= 4 is 0 Å². The molecule has 0 spiro atoms. The minimum absolute atomic E-state index is 0.0666. The molecule has 5 heteroatoms. The van der Waals surface area contributed by atoms with E-state index in [0.29, 0.717) is 13.1 Å². The van der Waals surface area contributed by atoms with E-state index >= 15 is 0 Å². The molecular weight excluding hydrogens is 252 g/mol. The molecule has 0 aromatic heterocycles. The Morgan fingerprint density at radius 2 is 2.00 bits per heavy atom. The molecule has 0 amide bonds. The van der Waals surface area contributed by atoms with Crippen LogP contribution in [0.4, 0.5) is 8.78 Å². The first-order chi connectivity index (χ1) is 8.91. The molecule has 19 heavy (non-hydrogen) atoms. The Kier molecular flexibility index (Phi) is 4.18. The zero-order valence-corrected chi connectivity index (χ0v) is 11.2. The summed E-state index contributed by atoms with van der Waals surface area (Å²) in [4.78, 5) is 1.91. The Balaban J connectivity index is 2.14. The molecule has 1 saturated heterocycles. The van der Waals surface area contributed by atoms with Crippen LogP contribution < -0.4 is 0 Å². The van der Waals surface area contributed by atoms with Crippen molar-refractivity contribution in [2.75, 3.05) is 19.7 Å². The number of aliphatic hydroxyl groups excluding tert-OH is 1. The number of hydrogen-bond acceptors (Lipinski definition) is 3. The molecule has 1 N–H and O–H groups in total. The summed E-state index contributed by atoms with van der Waals surface area (Å²) in [5.74, 6) is -1.07. The van der Waals surface area contributed by atoms with Crippen molar-refractivity contribution in [3.8, 4) is 0 Å². The van der Waals surface area contributed by atoms with Gasteiger partial charge >= 0.3 is 0 Å². The van der Waals surface area contributed by atoms with Gasteiger partial charge in [-0.1, -0.05) is 6.07 Å². The van der Waals surface area contributed by atoms with E-state index in [-0.39, 0.29) is 24.8 Å². The summed E-state index contributed by atoms with van der Waals surface area (Å²) in [5, 5.41) is 9.22. The Labute approximate surface area is 111 Å². The maximum atomic E-state index is 13.6. The molecule has 2 rings (SSSR count). The molecule has 1 aromatic carbocycles.